The van der Waals surface area contributed by atoms with E-state index in [1.807, 2.05) is 6.07 Å². The van der Waals surface area contributed by atoms with Crippen LogP contribution in [0, 0.1) is 0 Å². The highest BCUT2D eigenvalue weighted by molar-refractivity contribution is 6.33. The number of hydrogen-bond acceptors (Lipinski definition) is 2. The lowest BCUT2D eigenvalue weighted by Gasteiger charge is -2.01. The van der Waals surface area contributed by atoms with Gasteiger partial charge in [0.15, 0.2) is 0 Å². The number of halogens is 1. The average Bonchev–Trinajstić information content (AvgIpc) is 2.07. The van der Waals surface area contributed by atoms with Gasteiger partial charge in [0.1, 0.15) is 0 Å². The summed E-state index contributed by atoms with van der Waals surface area (Å²) in [4.78, 5) is 10.5. The summed E-state index contributed by atoms with van der Waals surface area (Å²) in [5, 5.41) is 0.516. The normalized spacial score (nSPS) is 9.92. The minimum absolute atomic E-state index is 0.312. The maximum atomic E-state index is 10.5. The van der Waals surface area contributed by atoms with Crippen LogP contribution in [0.2, 0.25) is 5.02 Å². The van der Waals surface area contributed by atoms with E-state index >= 15 is 0 Å². The zero-order valence-electron chi connectivity index (χ0n) is 7.09. The van der Waals surface area contributed by atoms with Crippen molar-refractivity contribution < 1.29 is 4.79 Å². The summed E-state index contributed by atoms with van der Waals surface area (Å²) in [6, 6.07) is 5.31. The van der Waals surface area contributed by atoms with Crippen LogP contribution in [0.15, 0.2) is 18.2 Å². The number of primary amides is 1. The summed E-state index contributed by atoms with van der Waals surface area (Å²) in [5.41, 5.74) is 12.0. The summed E-state index contributed by atoms with van der Waals surface area (Å²) < 4.78 is 0. The highest BCUT2D eigenvalue weighted by Crippen LogP contribution is 2.20. The molecule has 0 fully saturated rings. The lowest BCUT2D eigenvalue weighted by Crippen LogP contribution is -2.11. The first-order valence-corrected chi connectivity index (χ1v) is 4.29. The van der Waals surface area contributed by atoms with E-state index in [0.29, 0.717) is 23.6 Å². The van der Waals surface area contributed by atoms with Crippen LogP contribution in [-0.2, 0) is 11.2 Å². The smallest absolute Gasteiger partial charge is 0.217 e. The average molecular weight is 199 g/mol. The quantitative estimate of drug-likeness (QED) is 0.720. The third kappa shape index (κ3) is 2.95. The maximum Gasteiger partial charge on any atom is 0.217 e. The van der Waals surface area contributed by atoms with Crippen molar-refractivity contribution in [2.24, 2.45) is 5.73 Å². The molecule has 1 amide bonds. The van der Waals surface area contributed by atoms with Gasteiger partial charge in [-0.3, -0.25) is 4.79 Å². The van der Waals surface area contributed by atoms with Crippen molar-refractivity contribution in [2.75, 3.05) is 5.73 Å². The molecule has 0 spiro atoms. The molecule has 70 valence electrons. The highest BCUT2D eigenvalue weighted by atomic mass is 35.5. The number of amides is 1. The predicted molar refractivity (Wildman–Crippen MR) is 53.4 cm³/mol. The van der Waals surface area contributed by atoms with Gasteiger partial charge in [-0.05, 0) is 24.1 Å². The van der Waals surface area contributed by atoms with Crippen molar-refractivity contribution in [1.29, 1.82) is 0 Å². The fourth-order valence-corrected chi connectivity index (χ4v) is 1.20. The molecule has 1 aromatic carbocycles. The molecule has 0 aliphatic carbocycles. The Kier molecular flexibility index (Phi) is 3.14. The van der Waals surface area contributed by atoms with Crippen LogP contribution < -0.4 is 11.5 Å². The van der Waals surface area contributed by atoms with Crippen molar-refractivity contribution >= 4 is 23.2 Å². The molecular formula is C9H11ClN2O. The molecule has 0 atom stereocenters. The Labute approximate surface area is 81.7 Å². The molecule has 4 N–H and O–H groups in total. The Hall–Kier alpha value is -1.22. The van der Waals surface area contributed by atoms with Gasteiger partial charge in [0.25, 0.3) is 0 Å². The van der Waals surface area contributed by atoms with Gasteiger partial charge in [-0.15, -0.1) is 0 Å². The van der Waals surface area contributed by atoms with Crippen LogP contribution in [0.5, 0.6) is 0 Å². The molecule has 0 bridgehead atoms. The van der Waals surface area contributed by atoms with E-state index in [2.05, 4.69) is 0 Å². The van der Waals surface area contributed by atoms with Crippen molar-refractivity contribution in [3.63, 3.8) is 0 Å². The fourth-order valence-electron chi connectivity index (χ4n) is 0.994. The first-order valence-electron chi connectivity index (χ1n) is 3.92. The van der Waals surface area contributed by atoms with Crippen LogP contribution >= 0.6 is 11.6 Å². The molecule has 1 rings (SSSR count). The van der Waals surface area contributed by atoms with E-state index in [-0.39, 0.29) is 5.91 Å². The van der Waals surface area contributed by atoms with Gasteiger partial charge >= 0.3 is 0 Å². The number of rotatable bonds is 3. The number of benzene rings is 1. The summed E-state index contributed by atoms with van der Waals surface area (Å²) >= 11 is 5.79. The van der Waals surface area contributed by atoms with E-state index < -0.39 is 0 Å². The molecule has 4 heteroatoms. The predicted octanol–water partition coefficient (Wildman–Crippen LogP) is 1.34. The van der Waals surface area contributed by atoms with Gasteiger partial charge in [-0.25, -0.2) is 0 Å². The minimum atomic E-state index is -0.312. The third-order valence-electron chi connectivity index (χ3n) is 1.72. The molecule has 0 unspecified atom stereocenters. The van der Waals surface area contributed by atoms with Crippen LogP contribution in [0.25, 0.3) is 0 Å². The monoisotopic (exact) mass is 198 g/mol. The number of hydrogen-bond donors (Lipinski definition) is 2. The van der Waals surface area contributed by atoms with Crippen molar-refractivity contribution in [2.45, 2.75) is 12.8 Å². The lowest BCUT2D eigenvalue weighted by atomic mass is 10.1. The van der Waals surface area contributed by atoms with Crippen molar-refractivity contribution in [3.05, 3.63) is 28.8 Å². The molecule has 0 heterocycles. The van der Waals surface area contributed by atoms with Gasteiger partial charge in [-0.1, -0.05) is 17.7 Å². The number of carbonyl (C=O) groups is 1. The topological polar surface area (TPSA) is 69.1 Å². The van der Waals surface area contributed by atoms with Crippen LogP contribution in [-0.4, -0.2) is 5.91 Å². The third-order valence-corrected chi connectivity index (χ3v) is 2.05. The Balaban J connectivity index is 2.68. The van der Waals surface area contributed by atoms with Crippen molar-refractivity contribution in [3.8, 4) is 0 Å². The van der Waals surface area contributed by atoms with E-state index in [9.17, 15) is 4.79 Å². The Bertz CT molecular complexity index is 325. The Morgan fingerprint density at radius 1 is 1.46 bits per heavy atom. The summed E-state index contributed by atoms with van der Waals surface area (Å²) in [6.07, 6.45) is 0.940. The SMILES string of the molecule is NC(=O)CCc1ccc(N)c(Cl)c1. The first-order chi connectivity index (χ1) is 6.09. The van der Waals surface area contributed by atoms with Crippen LogP contribution in [0.4, 0.5) is 5.69 Å². The Morgan fingerprint density at radius 3 is 2.69 bits per heavy atom. The molecule has 0 radical (unpaired) electrons. The fraction of sp³-hybridized carbons (Fsp3) is 0.222. The summed E-state index contributed by atoms with van der Waals surface area (Å²) in [6.45, 7) is 0. The van der Waals surface area contributed by atoms with Gasteiger partial charge in [0.05, 0.1) is 10.7 Å². The number of nitrogen functional groups attached to an aromatic ring is 1. The highest BCUT2D eigenvalue weighted by Gasteiger charge is 2.00. The second-order valence-electron chi connectivity index (χ2n) is 2.82. The van der Waals surface area contributed by atoms with Gasteiger partial charge in [0.2, 0.25) is 5.91 Å². The molecule has 0 saturated carbocycles. The van der Waals surface area contributed by atoms with Crippen molar-refractivity contribution in [1.82, 2.24) is 0 Å². The summed E-state index contributed by atoms with van der Waals surface area (Å²) in [7, 11) is 0. The number of nitrogens with two attached hydrogens (primary N) is 2. The molecule has 0 aliphatic rings. The standard InChI is InChI=1S/C9H11ClN2O/c10-7-5-6(1-3-8(7)11)2-4-9(12)13/h1,3,5H,2,4,11H2,(H2,12,13). The molecule has 0 aromatic heterocycles. The van der Waals surface area contributed by atoms with E-state index in [1.165, 1.54) is 0 Å². The lowest BCUT2D eigenvalue weighted by molar-refractivity contribution is -0.117. The van der Waals surface area contributed by atoms with Gasteiger partial charge in [0, 0.05) is 6.42 Å². The molecule has 1 aromatic rings. The number of anilines is 1. The second kappa shape index (κ2) is 4.14. The summed E-state index contributed by atoms with van der Waals surface area (Å²) in [5.74, 6) is -0.312. The van der Waals surface area contributed by atoms with E-state index in [0.717, 1.165) is 5.56 Å². The van der Waals surface area contributed by atoms with E-state index in [4.69, 9.17) is 23.1 Å². The number of aryl methyl sites for hydroxylation is 1. The molecule has 0 aliphatic heterocycles. The van der Waals surface area contributed by atoms with Gasteiger partial charge < -0.3 is 11.5 Å². The molecule has 13 heavy (non-hydrogen) atoms. The minimum Gasteiger partial charge on any atom is -0.398 e. The molecular weight excluding hydrogens is 188 g/mol. The second-order valence-corrected chi connectivity index (χ2v) is 3.23. The van der Waals surface area contributed by atoms with Crippen LogP contribution in [0.3, 0.4) is 0 Å². The molecule has 0 saturated heterocycles. The van der Waals surface area contributed by atoms with Crippen LogP contribution in [0.1, 0.15) is 12.0 Å². The molecule has 3 nitrogen and oxygen atoms in total. The zero-order chi connectivity index (χ0) is 9.84. The Morgan fingerprint density at radius 2 is 2.15 bits per heavy atom. The van der Waals surface area contributed by atoms with Gasteiger partial charge in [-0.2, -0.15) is 0 Å². The first kappa shape index (κ1) is 9.86. The largest absolute Gasteiger partial charge is 0.398 e. The maximum absolute atomic E-state index is 10.5. The van der Waals surface area contributed by atoms with E-state index in [1.54, 1.807) is 12.1 Å². The zero-order valence-corrected chi connectivity index (χ0v) is 7.84. The number of carbonyl (C=O) groups excluding carboxylic acids is 1.